The van der Waals surface area contributed by atoms with Crippen LogP contribution >= 0.6 is 0 Å². The van der Waals surface area contributed by atoms with Crippen LogP contribution < -0.4 is 16.4 Å². The third-order valence-electron chi connectivity index (χ3n) is 4.81. The van der Waals surface area contributed by atoms with Crippen LogP contribution in [0, 0.1) is 5.92 Å². The van der Waals surface area contributed by atoms with Crippen LogP contribution in [0.5, 0.6) is 0 Å². The number of hydrogen-bond donors (Lipinski definition) is 3. The zero-order valence-electron chi connectivity index (χ0n) is 14.4. The molecule has 25 heavy (non-hydrogen) atoms. The van der Waals surface area contributed by atoms with Crippen molar-refractivity contribution in [3.05, 3.63) is 34.9 Å². The minimum absolute atomic E-state index is 0.138. The number of hydrogen-bond acceptors (Lipinski definition) is 5. The number of nitrogens with two attached hydrogens (primary N) is 1. The smallest absolute Gasteiger partial charge is 0.255 e. The average Bonchev–Trinajstić information content (AvgIpc) is 2.91. The van der Waals surface area contributed by atoms with E-state index in [-0.39, 0.29) is 24.1 Å². The molecule has 2 heterocycles. The van der Waals surface area contributed by atoms with Gasteiger partial charge in [-0.05, 0) is 42.6 Å². The number of carbonyl (C=O) groups is 3. The third-order valence-corrected chi connectivity index (χ3v) is 4.81. The van der Waals surface area contributed by atoms with E-state index in [9.17, 15) is 14.4 Å². The predicted molar refractivity (Wildman–Crippen MR) is 92.4 cm³/mol. The molecule has 7 heteroatoms. The zero-order valence-corrected chi connectivity index (χ0v) is 14.4. The van der Waals surface area contributed by atoms with Crippen LogP contribution in [0.4, 0.5) is 0 Å². The Bertz CT molecular complexity index is 704. The first kappa shape index (κ1) is 17.6. The second-order valence-corrected chi connectivity index (χ2v) is 6.86. The number of amides is 3. The molecule has 7 nitrogen and oxygen atoms in total. The van der Waals surface area contributed by atoms with Crippen LogP contribution in [-0.2, 0) is 22.7 Å². The van der Waals surface area contributed by atoms with E-state index in [1.807, 2.05) is 18.2 Å². The summed E-state index contributed by atoms with van der Waals surface area (Å²) in [6.07, 6.45) is 0.654. The first-order valence-corrected chi connectivity index (χ1v) is 8.67. The molecule has 1 aromatic carbocycles. The molecule has 2 atom stereocenters. The molecule has 0 aliphatic carbocycles. The number of rotatable bonds is 6. The maximum atomic E-state index is 12.6. The molecule has 1 aromatic rings. The minimum Gasteiger partial charge on any atom is -0.330 e. The Morgan fingerprint density at radius 2 is 2.16 bits per heavy atom. The number of benzene rings is 1. The molecule has 134 valence electrons. The number of piperidine rings is 1. The second kappa shape index (κ2) is 7.33. The van der Waals surface area contributed by atoms with E-state index < -0.39 is 6.04 Å². The van der Waals surface area contributed by atoms with E-state index in [1.54, 1.807) is 4.90 Å². The van der Waals surface area contributed by atoms with E-state index in [0.717, 1.165) is 17.7 Å². The Balaban J connectivity index is 1.67. The molecule has 0 saturated carbocycles. The lowest BCUT2D eigenvalue weighted by molar-refractivity contribution is -0.136. The van der Waals surface area contributed by atoms with E-state index in [0.29, 0.717) is 37.5 Å². The summed E-state index contributed by atoms with van der Waals surface area (Å²) in [5.41, 5.74) is 8.28. The van der Waals surface area contributed by atoms with Crippen molar-refractivity contribution in [3.63, 3.8) is 0 Å². The molecule has 0 bridgehead atoms. The van der Waals surface area contributed by atoms with Gasteiger partial charge in [-0.15, -0.1) is 0 Å². The van der Waals surface area contributed by atoms with Crippen molar-refractivity contribution in [2.24, 2.45) is 11.7 Å². The minimum atomic E-state index is -0.565. The fraction of sp³-hybridized carbons (Fsp3) is 0.500. The predicted octanol–water partition coefficient (Wildman–Crippen LogP) is 0.132. The highest BCUT2D eigenvalue weighted by atomic mass is 16.2. The van der Waals surface area contributed by atoms with Gasteiger partial charge in [0.05, 0.1) is 0 Å². The first-order chi connectivity index (χ1) is 12.0. The quantitative estimate of drug-likeness (QED) is 0.637. The number of imide groups is 1. The fourth-order valence-corrected chi connectivity index (χ4v) is 3.28. The Morgan fingerprint density at radius 1 is 1.36 bits per heavy atom. The van der Waals surface area contributed by atoms with Crippen molar-refractivity contribution in [2.75, 3.05) is 13.1 Å². The number of nitrogens with one attached hydrogen (secondary N) is 2. The van der Waals surface area contributed by atoms with Gasteiger partial charge in [0.2, 0.25) is 11.8 Å². The lowest BCUT2D eigenvalue weighted by Crippen LogP contribution is -2.52. The van der Waals surface area contributed by atoms with Gasteiger partial charge in [0.15, 0.2) is 0 Å². The number of nitrogens with zero attached hydrogens (tertiary/aromatic N) is 1. The van der Waals surface area contributed by atoms with E-state index in [2.05, 4.69) is 17.6 Å². The average molecular weight is 344 g/mol. The standard InChI is InChI=1S/C18H24N4O3/c1-11(7-19)8-20-9-12-2-3-14-13(6-12)10-22(18(14)25)15-4-5-16(23)21-17(15)24/h2-3,6,11,15,20H,4-5,7-10,19H2,1H3,(H,21,23,24). The summed E-state index contributed by atoms with van der Waals surface area (Å²) in [4.78, 5) is 37.5. The van der Waals surface area contributed by atoms with E-state index in [4.69, 9.17) is 5.73 Å². The fourth-order valence-electron chi connectivity index (χ4n) is 3.28. The van der Waals surface area contributed by atoms with Crippen molar-refractivity contribution in [3.8, 4) is 0 Å². The van der Waals surface area contributed by atoms with Crippen LogP contribution in [0.1, 0.15) is 41.3 Å². The summed E-state index contributed by atoms with van der Waals surface area (Å²) < 4.78 is 0. The third kappa shape index (κ3) is 3.72. The Kier molecular flexibility index (Phi) is 5.15. The monoisotopic (exact) mass is 344 g/mol. The molecule has 1 saturated heterocycles. The van der Waals surface area contributed by atoms with Crippen LogP contribution in [0.3, 0.4) is 0 Å². The molecular formula is C18H24N4O3. The summed E-state index contributed by atoms with van der Waals surface area (Å²) in [6, 6.07) is 5.21. The molecular weight excluding hydrogens is 320 g/mol. The molecule has 2 aliphatic rings. The van der Waals surface area contributed by atoms with Crippen LogP contribution in [0.2, 0.25) is 0 Å². The summed E-state index contributed by atoms with van der Waals surface area (Å²) in [5.74, 6) is -0.375. The molecule has 2 aliphatic heterocycles. The Labute approximate surface area is 146 Å². The molecule has 0 radical (unpaired) electrons. The maximum absolute atomic E-state index is 12.6. The van der Waals surface area contributed by atoms with Gasteiger partial charge in [-0.1, -0.05) is 19.1 Å². The molecule has 0 spiro atoms. The van der Waals surface area contributed by atoms with E-state index in [1.165, 1.54) is 0 Å². The lowest BCUT2D eigenvalue weighted by atomic mass is 10.0. The van der Waals surface area contributed by atoms with Crippen LogP contribution in [-0.4, -0.2) is 41.8 Å². The largest absolute Gasteiger partial charge is 0.330 e. The summed E-state index contributed by atoms with van der Waals surface area (Å²) >= 11 is 0. The molecule has 3 amide bonds. The van der Waals surface area contributed by atoms with Crippen molar-refractivity contribution < 1.29 is 14.4 Å². The molecule has 1 fully saturated rings. The number of fused-ring (bicyclic) bond motifs is 1. The summed E-state index contributed by atoms with van der Waals surface area (Å²) in [6.45, 7) is 4.70. The molecule has 3 rings (SSSR count). The van der Waals surface area contributed by atoms with Gasteiger partial charge < -0.3 is 16.0 Å². The lowest BCUT2D eigenvalue weighted by Gasteiger charge is -2.29. The van der Waals surface area contributed by atoms with Gasteiger partial charge >= 0.3 is 0 Å². The van der Waals surface area contributed by atoms with Crippen molar-refractivity contribution in [2.45, 2.75) is 38.9 Å². The molecule has 2 unspecified atom stereocenters. The molecule has 4 N–H and O–H groups in total. The SMILES string of the molecule is CC(CN)CNCc1ccc2c(c1)CN(C1CCC(=O)NC1=O)C2=O. The maximum Gasteiger partial charge on any atom is 0.255 e. The van der Waals surface area contributed by atoms with Gasteiger partial charge in [-0.3, -0.25) is 19.7 Å². The number of carbonyl (C=O) groups excluding carboxylic acids is 3. The topological polar surface area (TPSA) is 105 Å². The van der Waals surface area contributed by atoms with Crippen molar-refractivity contribution >= 4 is 17.7 Å². The Hall–Kier alpha value is -2.25. The summed E-state index contributed by atoms with van der Waals surface area (Å²) in [5, 5.41) is 5.68. The zero-order chi connectivity index (χ0) is 18.0. The van der Waals surface area contributed by atoms with Gasteiger partial charge in [0.25, 0.3) is 5.91 Å². The van der Waals surface area contributed by atoms with Crippen molar-refractivity contribution in [1.82, 2.24) is 15.5 Å². The van der Waals surface area contributed by atoms with Gasteiger partial charge in [0.1, 0.15) is 6.04 Å². The van der Waals surface area contributed by atoms with Crippen LogP contribution in [0.15, 0.2) is 18.2 Å². The van der Waals surface area contributed by atoms with Crippen LogP contribution in [0.25, 0.3) is 0 Å². The highest BCUT2D eigenvalue weighted by molar-refractivity contribution is 6.05. The second-order valence-electron chi connectivity index (χ2n) is 6.86. The van der Waals surface area contributed by atoms with E-state index >= 15 is 0 Å². The van der Waals surface area contributed by atoms with Gasteiger partial charge in [-0.25, -0.2) is 0 Å². The first-order valence-electron chi connectivity index (χ1n) is 8.67. The molecule has 0 aromatic heterocycles. The van der Waals surface area contributed by atoms with Gasteiger partial charge in [-0.2, -0.15) is 0 Å². The normalized spacial score (nSPS) is 21.3. The summed E-state index contributed by atoms with van der Waals surface area (Å²) in [7, 11) is 0. The van der Waals surface area contributed by atoms with Gasteiger partial charge in [0, 0.05) is 25.1 Å². The Morgan fingerprint density at radius 3 is 2.88 bits per heavy atom. The highest BCUT2D eigenvalue weighted by Crippen LogP contribution is 2.28. The highest BCUT2D eigenvalue weighted by Gasteiger charge is 2.38. The van der Waals surface area contributed by atoms with Crippen molar-refractivity contribution in [1.29, 1.82) is 0 Å².